The van der Waals surface area contributed by atoms with Crippen LogP contribution in [0, 0.1) is 0 Å². The molecule has 1 aromatic carbocycles. The zero-order valence-electron chi connectivity index (χ0n) is 17.7. The van der Waals surface area contributed by atoms with Gasteiger partial charge in [-0.15, -0.1) is 11.3 Å². The lowest BCUT2D eigenvalue weighted by molar-refractivity contribution is -0.0355. The maximum absolute atomic E-state index is 11.5. The van der Waals surface area contributed by atoms with E-state index >= 15 is 0 Å². The fourth-order valence-electron chi connectivity index (χ4n) is 4.35. The summed E-state index contributed by atoms with van der Waals surface area (Å²) >= 11 is 1.45. The molecule has 158 valence electrons. The largest absolute Gasteiger partial charge is 0.487 e. The highest BCUT2D eigenvalue weighted by Gasteiger charge is 2.41. The third kappa shape index (κ3) is 4.67. The van der Waals surface area contributed by atoms with Gasteiger partial charge in [-0.2, -0.15) is 0 Å². The minimum atomic E-state index is -3.07. The Labute approximate surface area is 178 Å². The lowest BCUT2D eigenvalue weighted by Crippen LogP contribution is -2.54. The van der Waals surface area contributed by atoms with E-state index in [1.807, 2.05) is 0 Å². The SMILES string of the molecule is CC(C)(C)N1CCC2(CCc3cc(-c4cnc(CS(C)(=O)=O)s4)ccc3O2)CC1. The fourth-order valence-corrected chi connectivity index (χ4v) is 6.46. The van der Waals surface area contributed by atoms with Crippen LogP contribution >= 0.6 is 11.3 Å². The molecule has 5 nitrogen and oxygen atoms in total. The van der Waals surface area contributed by atoms with Gasteiger partial charge in [-0.05, 0) is 75.8 Å². The Morgan fingerprint density at radius 3 is 2.59 bits per heavy atom. The monoisotopic (exact) mass is 434 g/mol. The van der Waals surface area contributed by atoms with Crippen molar-refractivity contribution in [2.75, 3.05) is 19.3 Å². The number of aryl methyl sites for hydroxylation is 1. The van der Waals surface area contributed by atoms with E-state index in [9.17, 15) is 8.42 Å². The van der Waals surface area contributed by atoms with E-state index < -0.39 is 9.84 Å². The molecule has 1 aromatic heterocycles. The van der Waals surface area contributed by atoms with Crippen LogP contribution < -0.4 is 4.74 Å². The van der Waals surface area contributed by atoms with Crippen molar-refractivity contribution in [3.05, 3.63) is 35.0 Å². The van der Waals surface area contributed by atoms with Crippen molar-refractivity contribution in [3.8, 4) is 16.2 Å². The van der Waals surface area contributed by atoms with E-state index in [-0.39, 0.29) is 16.9 Å². The number of piperidine rings is 1. The lowest BCUT2D eigenvalue weighted by atomic mass is 9.81. The molecule has 0 atom stereocenters. The third-order valence-electron chi connectivity index (χ3n) is 6.08. The molecule has 0 radical (unpaired) electrons. The molecule has 29 heavy (non-hydrogen) atoms. The molecule has 4 rings (SSSR count). The highest BCUT2D eigenvalue weighted by Crippen LogP contribution is 2.42. The summed E-state index contributed by atoms with van der Waals surface area (Å²) < 4.78 is 29.6. The van der Waals surface area contributed by atoms with E-state index in [0.717, 1.165) is 55.0 Å². The van der Waals surface area contributed by atoms with Gasteiger partial charge in [0.1, 0.15) is 22.1 Å². The zero-order chi connectivity index (χ0) is 20.9. The van der Waals surface area contributed by atoms with Crippen molar-refractivity contribution in [2.24, 2.45) is 0 Å². The number of likely N-dealkylation sites (tertiary alicyclic amines) is 1. The number of benzene rings is 1. The second-order valence-corrected chi connectivity index (χ2v) is 12.7. The Bertz CT molecular complexity index is 997. The Morgan fingerprint density at radius 1 is 1.21 bits per heavy atom. The number of aromatic nitrogens is 1. The van der Waals surface area contributed by atoms with Crippen LogP contribution in [0.5, 0.6) is 5.75 Å². The van der Waals surface area contributed by atoms with Gasteiger partial charge in [0.15, 0.2) is 9.84 Å². The van der Waals surface area contributed by atoms with E-state index in [1.54, 1.807) is 6.20 Å². The van der Waals surface area contributed by atoms with Gasteiger partial charge in [0.05, 0.1) is 4.88 Å². The van der Waals surface area contributed by atoms with Crippen molar-refractivity contribution in [2.45, 2.75) is 63.3 Å². The molecular weight excluding hydrogens is 404 g/mol. The minimum Gasteiger partial charge on any atom is -0.487 e. The fraction of sp³-hybridized carbons (Fsp3) is 0.591. The molecule has 0 amide bonds. The molecule has 2 aliphatic rings. The summed E-state index contributed by atoms with van der Waals surface area (Å²) in [5, 5.41) is 0.640. The van der Waals surface area contributed by atoms with Crippen LogP contribution in [-0.2, 0) is 22.0 Å². The maximum atomic E-state index is 11.5. The van der Waals surface area contributed by atoms with Crippen LogP contribution in [0.1, 0.15) is 50.6 Å². The van der Waals surface area contributed by atoms with Crippen molar-refractivity contribution >= 4 is 21.2 Å². The molecule has 0 unspecified atom stereocenters. The number of hydrogen-bond donors (Lipinski definition) is 0. The average molecular weight is 435 g/mol. The normalized spacial score (nSPS) is 19.7. The first-order chi connectivity index (χ1) is 13.5. The molecule has 1 spiro atoms. The first-order valence-electron chi connectivity index (χ1n) is 10.2. The number of thiazole rings is 1. The molecule has 2 aliphatic heterocycles. The second-order valence-electron chi connectivity index (χ2n) is 9.45. The molecular formula is C22H30N2O3S2. The molecule has 3 heterocycles. The van der Waals surface area contributed by atoms with E-state index in [2.05, 4.69) is 48.9 Å². The Kier molecular flexibility index (Phi) is 5.28. The van der Waals surface area contributed by atoms with Crippen LogP contribution in [0.4, 0.5) is 0 Å². The molecule has 1 fully saturated rings. The first kappa shape index (κ1) is 20.8. The van der Waals surface area contributed by atoms with Crippen LogP contribution in [0.3, 0.4) is 0 Å². The molecule has 0 aliphatic carbocycles. The van der Waals surface area contributed by atoms with Gasteiger partial charge >= 0.3 is 0 Å². The Hall–Kier alpha value is -1.44. The van der Waals surface area contributed by atoms with Gasteiger partial charge in [0.2, 0.25) is 0 Å². The quantitative estimate of drug-likeness (QED) is 0.720. The average Bonchev–Trinajstić information content (AvgIpc) is 3.07. The number of nitrogens with zero attached hydrogens (tertiary/aromatic N) is 2. The molecule has 2 aromatic rings. The van der Waals surface area contributed by atoms with E-state index in [0.29, 0.717) is 5.01 Å². The van der Waals surface area contributed by atoms with Gasteiger partial charge in [-0.3, -0.25) is 4.90 Å². The number of ether oxygens (including phenoxy) is 1. The van der Waals surface area contributed by atoms with E-state index in [1.165, 1.54) is 23.2 Å². The summed E-state index contributed by atoms with van der Waals surface area (Å²) in [7, 11) is -3.07. The second kappa shape index (κ2) is 7.36. The molecule has 7 heteroatoms. The number of rotatable bonds is 3. The van der Waals surface area contributed by atoms with Gasteiger partial charge in [-0.1, -0.05) is 0 Å². The summed E-state index contributed by atoms with van der Waals surface area (Å²) in [6, 6.07) is 6.34. The van der Waals surface area contributed by atoms with Gasteiger partial charge in [0, 0.05) is 31.1 Å². The van der Waals surface area contributed by atoms with Crippen LogP contribution in [0.25, 0.3) is 10.4 Å². The predicted molar refractivity (Wildman–Crippen MR) is 118 cm³/mol. The molecule has 0 bridgehead atoms. The Morgan fingerprint density at radius 2 is 1.93 bits per heavy atom. The van der Waals surface area contributed by atoms with Crippen LogP contribution in [0.15, 0.2) is 24.4 Å². The van der Waals surface area contributed by atoms with E-state index in [4.69, 9.17) is 4.74 Å². The number of hydrogen-bond acceptors (Lipinski definition) is 6. The highest BCUT2D eigenvalue weighted by atomic mass is 32.2. The van der Waals surface area contributed by atoms with Gasteiger partial charge in [-0.25, -0.2) is 13.4 Å². The summed E-state index contributed by atoms with van der Waals surface area (Å²) in [6.07, 6.45) is 7.26. The Balaban J connectivity index is 1.48. The smallest absolute Gasteiger partial charge is 0.153 e. The molecule has 1 saturated heterocycles. The number of sulfone groups is 1. The highest BCUT2D eigenvalue weighted by molar-refractivity contribution is 7.90. The first-order valence-corrected chi connectivity index (χ1v) is 13.1. The number of fused-ring (bicyclic) bond motifs is 1. The van der Waals surface area contributed by atoms with Gasteiger partial charge < -0.3 is 4.74 Å². The molecule has 0 saturated carbocycles. The standard InChI is InChI=1S/C22H30N2O3S2/c1-21(2,3)24-11-9-22(10-12-24)8-7-16-13-17(5-6-18(16)27-22)19-14-23-20(28-19)15-29(4,25)26/h5-6,13-14H,7-12,15H2,1-4H3. The zero-order valence-corrected chi connectivity index (χ0v) is 19.3. The summed E-state index contributed by atoms with van der Waals surface area (Å²) in [5.74, 6) is 1.00. The minimum absolute atomic E-state index is 0.000177. The summed E-state index contributed by atoms with van der Waals surface area (Å²) in [6.45, 7) is 9.01. The maximum Gasteiger partial charge on any atom is 0.153 e. The summed E-state index contributed by atoms with van der Waals surface area (Å²) in [5.41, 5.74) is 2.52. The van der Waals surface area contributed by atoms with Crippen molar-refractivity contribution in [3.63, 3.8) is 0 Å². The third-order valence-corrected chi connectivity index (χ3v) is 8.11. The lowest BCUT2D eigenvalue weighted by Gasteiger charge is -2.48. The van der Waals surface area contributed by atoms with Crippen molar-refractivity contribution in [1.29, 1.82) is 0 Å². The predicted octanol–water partition coefficient (Wildman–Crippen LogP) is 4.31. The molecule has 0 N–H and O–H groups in total. The van der Waals surface area contributed by atoms with Crippen molar-refractivity contribution < 1.29 is 13.2 Å². The van der Waals surface area contributed by atoms with Crippen LogP contribution in [0.2, 0.25) is 0 Å². The topological polar surface area (TPSA) is 59.5 Å². The van der Waals surface area contributed by atoms with Gasteiger partial charge in [0.25, 0.3) is 0 Å². The summed E-state index contributed by atoms with van der Waals surface area (Å²) in [4.78, 5) is 7.85. The van der Waals surface area contributed by atoms with Crippen LogP contribution in [-0.4, -0.2) is 48.8 Å². The van der Waals surface area contributed by atoms with Crippen molar-refractivity contribution in [1.82, 2.24) is 9.88 Å².